The molecule has 0 spiro atoms. The highest BCUT2D eigenvalue weighted by Crippen LogP contribution is 2.24. The maximum absolute atomic E-state index is 12.4. The van der Waals surface area contributed by atoms with Gasteiger partial charge in [0, 0.05) is 5.92 Å². The maximum Gasteiger partial charge on any atom is 0.100 e. The van der Waals surface area contributed by atoms with Crippen LogP contribution in [0.3, 0.4) is 0 Å². The van der Waals surface area contributed by atoms with Crippen LogP contribution in [0.2, 0.25) is 0 Å². The monoisotopic (exact) mass is 127 g/mol. The van der Waals surface area contributed by atoms with E-state index in [0.29, 0.717) is 12.8 Å². The highest BCUT2D eigenvalue weighted by molar-refractivity contribution is 4.86. The lowest BCUT2D eigenvalue weighted by atomic mass is 9.89. The fraction of sp³-hybridized carbons (Fsp3) is 0.857. The predicted molar refractivity (Wildman–Crippen MR) is 32.5 cm³/mol. The van der Waals surface area contributed by atoms with E-state index in [1.54, 1.807) is 0 Å². The largest absolute Gasteiger partial charge is 0.247 e. The molecule has 0 amide bonds. The Morgan fingerprint density at radius 2 is 1.78 bits per heavy atom. The zero-order chi connectivity index (χ0) is 6.69. The molecule has 50 valence electrons. The van der Waals surface area contributed by atoms with Crippen LogP contribution >= 0.6 is 0 Å². The maximum atomic E-state index is 12.4. The van der Waals surface area contributed by atoms with Crippen molar-refractivity contribution in [1.82, 2.24) is 0 Å². The minimum absolute atomic E-state index is 0.136. The molecule has 0 aromatic heterocycles. The summed E-state index contributed by atoms with van der Waals surface area (Å²) in [7, 11) is 0. The summed E-state index contributed by atoms with van der Waals surface area (Å²) in [6.07, 6.45) is 2.08. The Balaban J connectivity index is 2.28. The minimum atomic E-state index is -0.630. The number of rotatable bonds is 0. The van der Waals surface area contributed by atoms with Crippen molar-refractivity contribution in [2.75, 3.05) is 0 Å². The van der Waals surface area contributed by atoms with Gasteiger partial charge in [-0.2, -0.15) is 5.26 Å². The predicted octanol–water partition coefficient (Wildman–Crippen LogP) is 2.04. The van der Waals surface area contributed by atoms with Gasteiger partial charge in [0.15, 0.2) is 0 Å². The molecule has 0 radical (unpaired) electrons. The van der Waals surface area contributed by atoms with Crippen molar-refractivity contribution in [3.8, 4) is 6.07 Å². The van der Waals surface area contributed by atoms with Gasteiger partial charge in [-0.1, -0.05) is 0 Å². The molecule has 0 aromatic carbocycles. The molecule has 1 saturated carbocycles. The molecule has 1 rings (SSSR count). The van der Waals surface area contributed by atoms with Crippen molar-refractivity contribution >= 4 is 0 Å². The second kappa shape index (κ2) is 2.82. The van der Waals surface area contributed by atoms with E-state index < -0.39 is 6.17 Å². The quantitative estimate of drug-likeness (QED) is 0.488. The summed E-state index contributed by atoms with van der Waals surface area (Å²) in [4.78, 5) is 0. The van der Waals surface area contributed by atoms with Gasteiger partial charge in [-0.05, 0) is 25.7 Å². The average Bonchev–Trinajstić information content (AvgIpc) is 1.90. The highest BCUT2D eigenvalue weighted by Gasteiger charge is 2.19. The average molecular weight is 127 g/mol. The standard InChI is InChI=1S/C7H10FN/c8-7-3-1-6(5-9)2-4-7/h6-7H,1-4H2. The molecular formula is C7H10FN. The Kier molecular flexibility index (Phi) is 2.05. The Morgan fingerprint density at radius 1 is 1.22 bits per heavy atom. The lowest BCUT2D eigenvalue weighted by Crippen LogP contribution is -2.13. The normalized spacial score (nSPS) is 35.6. The van der Waals surface area contributed by atoms with E-state index in [2.05, 4.69) is 6.07 Å². The summed E-state index contributed by atoms with van der Waals surface area (Å²) in [6, 6.07) is 2.16. The molecule has 0 atom stereocenters. The minimum Gasteiger partial charge on any atom is -0.247 e. The van der Waals surface area contributed by atoms with Gasteiger partial charge >= 0.3 is 0 Å². The molecule has 1 aliphatic rings. The number of halogens is 1. The molecule has 0 saturated heterocycles. The second-order valence-electron chi connectivity index (χ2n) is 2.58. The van der Waals surface area contributed by atoms with Gasteiger partial charge in [0.25, 0.3) is 0 Å². The van der Waals surface area contributed by atoms with Gasteiger partial charge < -0.3 is 0 Å². The van der Waals surface area contributed by atoms with Gasteiger partial charge in [0.05, 0.1) is 6.07 Å². The van der Waals surface area contributed by atoms with Crippen LogP contribution in [0, 0.1) is 17.2 Å². The van der Waals surface area contributed by atoms with Crippen LogP contribution in [0.15, 0.2) is 0 Å². The summed E-state index contributed by atoms with van der Waals surface area (Å²) in [5, 5.41) is 8.40. The lowest BCUT2D eigenvalue weighted by Gasteiger charge is -2.17. The van der Waals surface area contributed by atoms with E-state index in [0.717, 1.165) is 12.8 Å². The van der Waals surface area contributed by atoms with Crippen LogP contribution < -0.4 is 0 Å². The van der Waals surface area contributed by atoms with E-state index >= 15 is 0 Å². The van der Waals surface area contributed by atoms with Crippen molar-refractivity contribution in [3.63, 3.8) is 0 Å². The Hall–Kier alpha value is -0.580. The molecule has 0 bridgehead atoms. The van der Waals surface area contributed by atoms with Gasteiger partial charge in [0.2, 0.25) is 0 Å². The van der Waals surface area contributed by atoms with Crippen molar-refractivity contribution in [2.24, 2.45) is 5.92 Å². The first kappa shape index (κ1) is 6.54. The van der Waals surface area contributed by atoms with Gasteiger partial charge in [0.1, 0.15) is 6.17 Å². The molecule has 0 N–H and O–H groups in total. The number of alkyl halides is 1. The lowest BCUT2D eigenvalue weighted by molar-refractivity contribution is 0.229. The zero-order valence-electron chi connectivity index (χ0n) is 5.31. The summed E-state index contributed by atoms with van der Waals surface area (Å²) in [5.74, 6) is 0.136. The van der Waals surface area contributed by atoms with Crippen molar-refractivity contribution in [2.45, 2.75) is 31.9 Å². The first-order valence-electron chi connectivity index (χ1n) is 3.36. The van der Waals surface area contributed by atoms with E-state index in [9.17, 15) is 4.39 Å². The van der Waals surface area contributed by atoms with Crippen molar-refractivity contribution < 1.29 is 4.39 Å². The second-order valence-corrected chi connectivity index (χ2v) is 2.58. The van der Waals surface area contributed by atoms with E-state index in [1.807, 2.05) is 0 Å². The summed E-state index contributed by atoms with van der Waals surface area (Å²) >= 11 is 0. The number of hydrogen-bond acceptors (Lipinski definition) is 1. The molecule has 1 fully saturated rings. The van der Waals surface area contributed by atoms with Gasteiger partial charge in [-0.3, -0.25) is 0 Å². The Bertz CT molecular complexity index is 119. The summed E-state index contributed by atoms with van der Waals surface area (Å²) < 4.78 is 12.4. The highest BCUT2D eigenvalue weighted by atomic mass is 19.1. The zero-order valence-corrected chi connectivity index (χ0v) is 5.31. The van der Waals surface area contributed by atoms with Gasteiger partial charge in [-0.15, -0.1) is 0 Å². The van der Waals surface area contributed by atoms with Crippen LogP contribution in [0.5, 0.6) is 0 Å². The fourth-order valence-electron chi connectivity index (χ4n) is 1.18. The van der Waals surface area contributed by atoms with Crippen LogP contribution in [-0.2, 0) is 0 Å². The van der Waals surface area contributed by atoms with Crippen LogP contribution in [0.4, 0.5) is 4.39 Å². The molecule has 9 heavy (non-hydrogen) atoms. The molecule has 2 heteroatoms. The summed E-state index contributed by atoms with van der Waals surface area (Å²) in [6.45, 7) is 0. The SMILES string of the molecule is N#CC1CCC(F)CC1. The molecular weight excluding hydrogens is 117 g/mol. The van der Waals surface area contributed by atoms with E-state index in [1.165, 1.54) is 0 Å². The number of nitriles is 1. The number of hydrogen-bond donors (Lipinski definition) is 0. The first-order chi connectivity index (χ1) is 4.33. The third kappa shape index (κ3) is 1.67. The molecule has 0 heterocycles. The van der Waals surface area contributed by atoms with Gasteiger partial charge in [-0.25, -0.2) is 4.39 Å². The van der Waals surface area contributed by atoms with Crippen molar-refractivity contribution in [1.29, 1.82) is 5.26 Å². The fourth-order valence-corrected chi connectivity index (χ4v) is 1.18. The van der Waals surface area contributed by atoms with E-state index in [4.69, 9.17) is 5.26 Å². The van der Waals surface area contributed by atoms with Crippen LogP contribution in [0.25, 0.3) is 0 Å². The molecule has 0 aromatic rings. The van der Waals surface area contributed by atoms with Crippen LogP contribution in [0.1, 0.15) is 25.7 Å². The van der Waals surface area contributed by atoms with Crippen molar-refractivity contribution in [3.05, 3.63) is 0 Å². The molecule has 1 aliphatic carbocycles. The smallest absolute Gasteiger partial charge is 0.100 e. The number of nitrogens with zero attached hydrogens (tertiary/aromatic N) is 1. The first-order valence-corrected chi connectivity index (χ1v) is 3.36. The van der Waals surface area contributed by atoms with Crippen LogP contribution in [-0.4, -0.2) is 6.17 Å². The molecule has 1 nitrogen and oxygen atoms in total. The Labute approximate surface area is 54.5 Å². The van der Waals surface area contributed by atoms with E-state index in [-0.39, 0.29) is 5.92 Å². The molecule has 0 unspecified atom stereocenters. The topological polar surface area (TPSA) is 23.8 Å². The third-order valence-electron chi connectivity index (χ3n) is 1.84. The summed E-state index contributed by atoms with van der Waals surface area (Å²) in [5.41, 5.74) is 0. The third-order valence-corrected chi connectivity index (χ3v) is 1.84. The Morgan fingerprint density at radius 3 is 2.22 bits per heavy atom. The molecule has 0 aliphatic heterocycles.